The highest BCUT2D eigenvalue weighted by Crippen LogP contribution is 2.35. The lowest BCUT2D eigenvalue weighted by atomic mass is 9.98. The van der Waals surface area contributed by atoms with Gasteiger partial charge >= 0.3 is 0 Å². The highest BCUT2D eigenvalue weighted by molar-refractivity contribution is 5.85. The third-order valence-corrected chi connectivity index (χ3v) is 4.67. The predicted octanol–water partition coefficient (Wildman–Crippen LogP) is 2.33. The monoisotopic (exact) mass is 326 g/mol. The molecular weight excluding hydrogens is 304 g/mol. The van der Waals surface area contributed by atoms with Crippen molar-refractivity contribution in [2.45, 2.75) is 6.04 Å². The largest absolute Gasteiger partial charge is 0.497 e. The molecule has 1 aliphatic rings. The third kappa shape index (κ3) is 2.68. The van der Waals surface area contributed by atoms with Crippen LogP contribution < -0.4 is 4.74 Å². The molecule has 1 unspecified atom stereocenters. The maximum Gasteiger partial charge on any atom is 0.119 e. The number of nitrogens with one attached hydrogen (secondary N) is 1. The Morgan fingerprint density at radius 3 is 2.83 bits per heavy atom. The van der Waals surface area contributed by atoms with E-state index < -0.39 is 0 Å². The van der Waals surface area contributed by atoms with Gasteiger partial charge in [0.05, 0.1) is 32.6 Å². The van der Waals surface area contributed by atoms with Gasteiger partial charge in [0.2, 0.25) is 0 Å². The van der Waals surface area contributed by atoms with Crippen LogP contribution in [0, 0.1) is 0 Å². The third-order valence-electron chi connectivity index (χ3n) is 4.67. The van der Waals surface area contributed by atoms with Crippen LogP contribution in [-0.4, -0.2) is 53.1 Å². The van der Waals surface area contributed by atoms with Crippen molar-refractivity contribution in [3.63, 3.8) is 0 Å². The van der Waals surface area contributed by atoms with E-state index in [-0.39, 0.29) is 6.04 Å². The number of morpholine rings is 1. The molecule has 126 valence electrons. The molecule has 24 heavy (non-hydrogen) atoms. The summed E-state index contributed by atoms with van der Waals surface area (Å²) in [5.41, 5.74) is 3.56. The molecule has 2 aromatic heterocycles. The zero-order chi connectivity index (χ0) is 16.5. The van der Waals surface area contributed by atoms with Gasteiger partial charge in [-0.05, 0) is 23.8 Å². The van der Waals surface area contributed by atoms with Crippen LogP contribution >= 0.6 is 0 Å². The number of ether oxygens (including phenoxy) is 2. The summed E-state index contributed by atoms with van der Waals surface area (Å²) in [6.45, 7) is 3.36. The number of benzene rings is 1. The quantitative estimate of drug-likeness (QED) is 0.799. The SMILES string of the molecule is COc1ccc2[nH]cc(C(c3cnn(C)c3)N3CCOCC3)c2c1. The number of fused-ring (bicyclic) bond motifs is 1. The number of hydrogen-bond donors (Lipinski definition) is 1. The van der Waals surface area contributed by atoms with Gasteiger partial charge in [0.1, 0.15) is 5.75 Å². The maximum atomic E-state index is 5.54. The van der Waals surface area contributed by atoms with E-state index in [1.807, 2.05) is 24.0 Å². The summed E-state index contributed by atoms with van der Waals surface area (Å²) in [5, 5.41) is 5.57. The standard InChI is InChI=1S/C18H22N4O2/c1-21-12-13(10-20-21)18(22-5-7-24-8-6-22)16-11-19-17-4-3-14(23-2)9-15(16)17/h3-4,9-12,18-19H,5-8H2,1-2H3. The van der Waals surface area contributed by atoms with E-state index in [2.05, 4.69) is 39.5 Å². The Labute approximate surface area is 141 Å². The Hall–Kier alpha value is -2.31. The molecule has 1 fully saturated rings. The van der Waals surface area contributed by atoms with E-state index in [9.17, 15) is 0 Å². The number of H-pyrrole nitrogens is 1. The van der Waals surface area contributed by atoms with Crippen molar-refractivity contribution < 1.29 is 9.47 Å². The van der Waals surface area contributed by atoms with Crippen LogP contribution in [0.5, 0.6) is 5.75 Å². The molecule has 1 aliphatic heterocycles. The van der Waals surface area contributed by atoms with E-state index in [0.717, 1.165) is 37.6 Å². The minimum Gasteiger partial charge on any atom is -0.497 e. The molecule has 6 nitrogen and oxygen atoms in total. The zero-order valence-electron chi connectivity index (χ0n) is 14.0. The highest BCUT2D eigenvalue weighted by Gasteiger charge is 2.27. The molecule has 1 atom stereocenters. The van der Waals surface area contributed by atoms with Crippen molar-refractivity contribution in [3.05, 3.63) is 47.9 Å². The fraction of sp³-hybridized carbons (Fsp3) is 0.389. The topological polar surface area (TPSA) is 55.3 Å². The first-order valence-corrected chi connectivity index (χ1v) is 8.21. The Balaban J connectivity index is 1.83. The number of rotatable bonds is 4. The van der Waals surface area contributed by atoms with Crippen LogP contribution in [0.25, 0.3) is 10.9 Å². The maximum absolute atomic E-state index is 5.54. The molecule has 3 heterocycles. The average Bonchev–Trinajstić information content (AvgIpc) is 3.23. The first-order valence-electron chi connectivity index (χ1n) is 8.21. The van der Waals surface area contributed by atoms with Crippen LogP contribution in [0.1, 0.15) is 17.2 Å². The molecule has 1 aromatic carbocycles. The molecular formula is C18H22N4O2. The van der Waals surface area contributed by atoms with Crippen molar-refractivity contribution in [3.8, 4) is 5.75 Å². The van der Waals surface area contributed by atoms with E-state index >= 15 is 0 Å². The molecule has 3 aromatic rings. The van der Waals surface area contributed by atoms with E-state index in [0.29, 0.717) is 0 Å². The van der Waals surface area contributed by atoms with Crippen molar-refractivity contribution >= 4 is 10.9 Å². The molecule has 0 bridgehead atoms. The smallest absolute Gasteiger partial charge is 0.119 e. The Bertz CT molecular complexity index is 833. The second-order valence-corrected chi connectivity index (χ2v) is 6.15. The molecule has 1 saturated heterocycles. The van der Waals surface area contributed by atoms with Gasteiger partial charge < -0.3 is 14.5 Å². The lowest BCUT2D eigenvalue weighted by Crippen LogP contribution is -2.39. The van der Waals surface area contributed by atoms with Crippen LogP contribution in [0.2, 0.25) is 0 Å². The molecule has 0 amide bonds. The minimum atomic E-state index is 0.156. The minimum absolute atomic E-state index is 0.156. The fourth-order valence-corrected chi connectivity index (χ4v) is 3.48. The van der Waals surface area contributed by atoms with Crippen molar-refractivity contribution in [2.75, 3.05) is 33.4 Å². The highest BCUT2D eigenvalue weighted by atomic mass is 16.5. The zero-order valence-corrected chi connectivity index (χ0v) is 14.0. The first kappa shape index (κ1) is 15.2. The molecule has 0 aliphatic carbocycles. The normalized spacial score (nSPS) is 17.2. The van der Waals surface area contributed by atoms with Gasteiger partial charge in [-0.3, -0.25) is 9.58 Å². The van der Waals surface area contributed by atoms with Gasteiger partial charge in [-0.1, -0.05) is 0 Å². The number of aromatic nitrogens is 3. The molecule has 6 heteroatoms. The van der Waals surface area contributed by atoms with Crippen LogP contribution in [-0.2, 0) is 11.8 Å². The van der Waals surface area contributed by atoms with E-state index in [1.165, 1.54) is 16.5 Å². The lowest BCUT2D eigenvalue weighted by molar-refractivity contribution is 0.0242. The van der Waals surface area contributed by atoms with Crippen LogP contribution in [0.3, 0.4) is 0 Å². The van der Waals surface area contributed by atoms with Gasteiger partial charge in [0, 0.05) is 49.0 Å². The summed E-state index contributed by atoms with van der Waals surface area (Å²) in [5.74, 6) is 0.871. The van der Waals surface area contributed by atoms with Crippen LogP contribution in [0.15, 0.2) is 36.8 Å². The lowest BCUT2D eigenvalue weighted by Gasteiger charge is -2.34. The molecule has 0 saturated carbocycles. The van der Waals surface area contributed by atoms with Gasteiger partial charge in [0.25, 0.3) is 0 Å². The fourth-order valence-electron chi connectivity index (χ4n) is 3.48. The van der Waals surface area contributed by atoms with Crippen molar-refractivity contribution in [1.29, 1.82) is 0 Å². The van der Waals surface area contributed by atoms with Crippen LogP contribution in [0.4, 0.5) is 0 Å². The second kappa shape index (κ2) is 6.30. The molecule has 4 rings (SSSR count). The van der Waals surface area contributed by atoms with Gasteiger partial charge in [0.15, 0.2) is 0 Å². The first-order chi connectivity index (χ1) is 11.8. The average molecular weight is 326 g/mol. The summed E-state index contributed by atoms with van der Waals surface area (Å²) in [6, 6.07) is 6.31. The number of nitrogens with zero attached hydrogens (tertiary/aromatic N) is 3. The van der Waals surface area contributed by atoms with Crippen molar-refractivity contribution in [2.24, 2.45) is 7.05 Å². The van der Waals surface area contributed by atoms with Gasteiger partial charge in [-0.2, -0.15) is 5.10 Å². The Morgan fingerprint density at radius 1 is 1.29 bits per heavy atom. The summed E-state index contributed by atoms with van der Waals surface area (Å²) in [4.78, 5) is 5.86. The molecule has 0 radical (unpaired) electrons. The number of methoxy groups -OCH3 is 1. The van der Waals surface area contributed by atoms with Gasteiger partial charge in [-0.15, -0.1) is 0 Å². The van der Waals surface area contributed by atoms with Gasteiger partial charge in [-0.25, -0.2) is 0 Å². The number of hydrogen-bond acceptors (Lipinski definition) is 4. The summed E-state index contributed by atoms with van der Waals surface area (Å²) in [6.07, 6.45) is 6.16. The van der Waals surface area contributed by atoms with E-state index in [1.54, 1.807) is 7.11 Å². The predicted molar refractivity (Wildman–Crippen MR) is 92.3 cm³/mol. The Kier molecular flexibility index (Phi) is 4.00. The number of aromatic amines is 1. The Morgan fingerprint density at radius 2 is 2.12 bits per heavy atom. The second-order valence-electron chi connectivity index (χ2n) is 6.15. The number of aryl methyl sites for hydroxylation is 1. The summed E-state index contributed by atoms with van der Waals surface area (Å²) < 4.78 is 12.8. The van der Waals surface area contributed by atoms with Crippen molar-refractivity contribution in [1.82, 2.24) is 19.7 Å². The summed E-state index contributed by atoms with van der Waals surface area (Å²) >= 11 is 0. The molecule has 1 N–H and O–H groups in total. The molecule has 0 spiro atoms. The van der Waals surface area contributed by atoms with E-state index in [4.69, 9.17) is 9.47 Å². The summed E-state index contributed by atoms with van der Waals surface area (Å²) in [7, 11) is 3.66.